The summed E-state index contributed by atoms with van der Waals surface area (Å²) in [4.78, 5) is 14.8. The second-order valence-electron chi connectivity index (χ2n) is 8.28. The molecule has 1 aliphatic heterocycles. The van der Waals surface area contributed by atoms with Crippen molar-refractivity contribution in [2.24, 2.45) is 0 Å². The third kappa shape index (κ3) is 4.27. The van der Waals surface area contributed by atoms with Gasteiger partial charge in [-0.05, 0) is 37.8 Å². The minimum absolute atomic E-state index is 0.0177. The van der Waals surface area contributed by atoms with Crippen LogP contribution < -0.4 is 5.32 Å². The van der Waals surface area contributed by atoms with Gasteiger partial charge in [-0.3, -0.25) is 9.89 Å². The van der Waals surface area contributed by atoms with Gasteiger partial charge in [-0.15, -0.1) is 0 Å². The van der Waals surface area contributed by atoms with Gasteiger partial charge in [0.05, 0.1) is 17.3 Å². The fraction of sp³-hybridized carbons (Fsp3) is 0.333. The van der Waals surface area contributed by atoms with E-state index in [-0.39, 0.29) is 23.3 Å². The number of phenolic OH excluding ortho intramolecular Hbond substituents is 3. The summed E-state index contributed by atoms with van der Waals surface area (Å²) in [6.07, 6.45) is 1.67. The quantitative estimate of drug-likeness (QED) is 0.298. The summed E-state index contributed by atoms with van der Waals surface area (Å²) < 4.78 is 0. The molecule has 1 saturated heterocycles. The van der Waals surface area contributed by atoms with Crippen LogP contribution in [0, 0.1) is 13.8 Å². The molecule has 1 atom stereocenters. The SMILES string of the molecule is Cc1n[nH]c(C)c1CNCc1cccc(C2CCCN2C(=O)c2cc(O)c(O)cc2O)c1. The summed E-state index contributed by atoms with van der Waals surface area (Å²) in [6, 6.07) is 10.1. The predicted molar refractivity (Wildman–Crippen MR) is 119 cm³/mol. The van der Waals surface area contributed by atoms with E-state index in [4.69, 9.17) is 0 Å². The Kier molecular flexibility index (Phi) is 6.05. The molecule has 0 radical (unpaired) electrons. The fourth-order valence-electron chi connectivity index (χ4n) is 4.32. The van der Waals surface area contributed by atoms with Gasteiger partial charge in [0, 0.05) is 43.0 Å². The zero-order valence-corrected chi connectivity index (χ0v) is 18.2. The van der Waals surface area contributed by atoms with Crippen LogP contribution in [0.2, 0.25) is 0 Å². The van der Waals surface area contributed by atoms with Gasteiger partial charge >= 0.3 is 0 Å². The van der Waals surface area contributed by atoms with Crippen LogP contribution in [-0.2, 0) is 13.1 Å². The topological polar surface area (TPSA) is 122 Å². The Labute approximate surface area is 186 Å². The van der Waals surface area contributed by atoms with Crippen LogP contribution in [0.1, 0.15) is 57.3 Å². The Morgan fingerprint density at radius 3 is 2.66 bits per heavy atom. The number of phenols is 3. The van der Waals surface area contributed by atoms with E-state index in [0.717, 1.165) is 54.0 Å². The Morgan fingerprint density at radius 2 is 1.91 bits per heavy atom. The second kappa shape index (κ2) is 8.92. The summed E-state index contributed by atoms with van der Waals surface area (Å²) >= 11 is 0. The van der Waals surface area contributed by atoms with Crippen molar-refractivity contribution in [3.63, 3.8) is 0 Å². The molecule has 32 heavy (non-hydrogen) atoms. The number of rotatable bonds is 6. The van der Waals surface area contributed by atoms with Crippen LogP contribution in [0.15, 0.2) is 36.4 Å². The lowest BCUT2D eigenvalue weighted by Crippen LogP contribution is -2.30. The van der Waals surface area contributed by atoms with E-state index in [9.17, 15) is 20.1 Å². The number of carbonyl (C=O) groups is 1. The van der Waals surface area contributed by atoms with E-state index >= 15 is 0 Å². The maximum atomic E-state index is 13.1. The van der Waals surface area contributed by atoms with Crippen molar-refractivity contribution in [1.82, 2.24) is 20.4 Å². The van der Waals surface area contributed by atoms with Gasteiger partial charge in [-0.25, -0.2) is 0 Å². The lowest BCUT2D eigenvalue weighted by Gasteiger charge is -2.26. The Morgan fingerprint density at radius 1 is 1.12 bits per heavy atom. The van der Waals surface area contributed by atoms with E-state index in [0.29, 0.717) is 13.1 Å². The van der Waals surface area contributed by atoms with Crippen LogP contribution in [0.5, 0.6) is 17.2 Å². The molecule has 0 bridgehead atoms. The lowest BCUT2D eigenvalue weighted by atomic mass is 10.0. The number of benzene rings is 2. The zero-order chi connectivity index (χ0) is 22.8. The van der Waals surface area contributed by atoms with Gasteiger partial charge in [0.1, 0.15) is 5.75 Å². The van der Waals surface area contributed by atoms with Crippen LogP contribution in [0.3, 0.4) is 0 Å². The molecule has 2 aromatic carbocycles. The molecule has 3 aromatic rings. The highest BCUT2D eigenvalue weighted by Crippen LogP contribution is 2.37. The molecule has 0 saturated carbocycles. The first-order chi connectivity index (χ1) is 15.3. The van der Waals surface area contributed by atoms with Crippen molar-refractivity contribution < 1.29 is 20.1 Å². The van der Waals surface area contributed by atoms with Gasteiger partial charge in [-0.2, -0.15) is 5.10 Å². The summed E-state index contributed by atoms with van der Waals surface area (Å²) in [5.41, 5.74) is 5.36. The molecule has 0 spiro atoms. The van der Waals surface area contributed by atoms with Crippen LogP contribution in [-0.4, -0.2) is 42.9 Å². The molecule has 0 aliphatic carbocycles. The molecule has 4 rings (SSSR count). The normalized spacial score (nSPS) is 15.9. The van der Waals surface area contributed by atoms with Crippen LogP contribution >= 0.6 is 0 Å². The molecule has 8 nitrogen and oxygen atoms in total. The number of aromatic nitrogens is 2. The number of hydrogen-bond donors (Lipinski definition) is 5. The lowest BCUT2D eigenvalue weighted by molar-refractivity contribution is 0.0732. The number of aromatic hydroxyl groups is 3. The number of carbonyl (C=O) groups excluding carboxylic acids is 1. The fourth-order valence-corrected chi connectivity index (χ4v) is 4.32. The molecular formula is C24H28N4O4. The number of nitrogens with zero attached hydrogens (tertiary/aromatic N) is 2. The van der Waals surface area contributed by atoms with Crippen LogP contribution in [0.25, 0.3) is 0 Å². The summed E-state index contributed by atoms with van der Waals surface area (Å²) in [5.74, 6) is -1.61. The molecule has 1 amide bonds. The molecule has 1 unspecified atom stereocenters. The van der Waals surface area contributed by atoms with Gasteiger partial charge < -0.3 is 25.5 Å². The highest BCUT2D eigenvalue weighted by molar-refractivity contribution is 5.98. The molecule has 1 fully saturated rings. The van der Waals surface area contributed by atoms with Gasteiger partial charge in [0.25, 0.3) is 5.91 Å². The Hall–Kier alpha value is -3.52. The number of aryl methyl sites for hydroxylation is 2. The molecule has 168 valence electrons. The standard InChI is InChI=1S/C24H28N4O4/c1-14-19(15(2)27-26-14)13-25-12-16-5-3-6-17(9-16)20-7-4-8-28(20)24(32)18-10-22(30)23(31)11-21(18)29/h3,5-6,9-11,20,25,29-31H,4,7-8,12-13H2,1-2H3,(H,26,27). The first kappa shape index (κ1) is 21.7. The first-order valence-electron chi connectivity index (χ1n) is 10.7. The molecule has 2 heterocycles. The maximum Gasteiger partial charge on any atom is 0.258 e. The van der Waals surface area contributed by atoms with E-state index in [1.54, 1.807) is 4.90 Å². The number of likely N-dealkylation sites (tertiary alicyclic amines) is 1. The largest absolute Gasteiger partial charge is 0.507 e. The minimum atomic E-state index is -0.460. The molecule has 5 N–H and O–H groups in total. The monoisotopic (exact) mass is 436 g/mol. The third-order valence-electron chi connectivity index (χ3n) is 6.08. The van der Waals surface area contributed by atoms with Gasteiger partial charge in [-0.1, -0.05) is 24.3 Å². The number of H-pyrrole nitrogens is 1. The highest BCUT2D eigenvalue weighted by atomic mass is 16.3. The summed E-state index contributed by atoms with van der Waals surface area (Å²) in [6.45, 7) is 5.96. The number of amides is 1. The van der Waals surface area contributed by atoms with Crippen molar-refractivity contribution in [2.45, 2.75) is 45.8 Å². The van der Waals surface area contributed by atoms with Crippen molar-refractivity contribution in [3.8, 4) is 17.2 Å². The van der Waals surface area contributed by atoms with Gasteiger partial charge in [0.15, 0.2) is 11.5 Å². The second-order valence-corrected chi connectivity index (χ2v) is 8.28. The highest BCUT2D eigenvalue weighted by Gasteiger charge is 2.32. The molecule has 1 aliphatic rings. The predicted octanol–water partition coefficient (Wildman–Crippen LogP) is 3.41. The summed E-state index contributed by atoms with van der Waals surface area (Å²) in [5, 5.41) is 40.1. The van der Waals surface area contributed by atoms with E-state index < -0.39 is 11.5 Å². The number of hydrogen-bond acceptors (Lipinski definition) is 6. The third-order valence-corrected chi connectivity index (χ3v) is 6.08. The van der Waals surface area contributed by atoms with Crippen molar-refractivity contribution in [2.75, 3.05) is 6.54 Å². The molecule has 8 heteroatoms. The van der Waals surface area contributed by atoms with Crippen LogP contribution in [0.4, 0.5) is 0 Å². The van der Waals surface area contributed by atoms with Gasteiger partial charge in [0.2, 0.25) is 0 Å². The minimum Gasteiger partial charge on any atom is -0.507 e. The number of aromatic amines is 1. The average Bonchev–Trinajstić information content (AvgIpc) is 3.38. The Bertz CT molecular complexity index is 1120. The van der Waals surface area contributed by atoms with Crippen molar-refractivity contribution in [1.29, 1.82) is 0 Å². The zero-order valence-electron chi connectivity index (χ0n) is 18.2. The number of nitrogens with one attached hydrogen (secondary N) is 2. The first-order valence-corrected chi connectivity index (χ1v) is 10.7. The maximum absolute atomic E-state index is 13.1. The average molecular weight is 437 g/mol. The van der Waals surface area contributed by atoms with Crippen molar-refractivity contribution >= 4 is 5.91 Å². The Balaban J connectivity index is 1.48. The summed E-state index contributed by atoms with van der Waals surface area (Å²) in [7, 11) is 0. The van der Waals surface area contributed by atoms with E-state index in [1.165, 1.54) is 5.56 Å². The smallest absolute Gasteiger partial charge is 0.258 e. The molecular weight excluding hydrogens is 408 g/mol. The molecule has 1 aromatic heterocycles. The van der Waals surface area contributed by atoms with Crippen molar-refractivity contribution in [3.05, 3.63) is 70.0 Å². The van der Waals surface area contributed by atoms with E-state index in [2.05, 4.69) is 27.6 Å². The van der Waals surface area contributed by atoms with E-state index in [1.807, 2.05) is 26.0 Å².